The maximum absolute atomic E-state index is 4.42. The Morgan fingerprint density at radius 1 is 0.957 bits per heavy atom. The van der Waals surface area contributed by atoms with Crippen molar-refractivity contribution >= 4 is 17.0 Å². The van der Waals surface area contributed by atoms with Gasteiger partial charge >= 0.3 is 0 Å². The van der Waals surface area contributed by atoms with Crippen molar-refractivity contribution < 1.29 is 0 Å². The highest BCUT2D eigenvalue weighted by atomic mass is 32.1. The van der Waals surface area contributed by atoms with Crippen molar-refractivity contribution in [1.29, 1.82) is 0 Å². The lowest BCUT2D eigenvalue weighted by Gasteiger charge is -2.09. The van der Waals surface area contributed by atoms with Crippen molar-refractivity contribution in [1.82, 2.24) is 4.57 Å². The Hall–Kier alpha value is -2.46. The lowest BCUT2D eigenvalue weighted by atomic mass is 10.1. The van der Waals surface area contributed by atoms with Gasteiger partial charge in [-0.2, -0.15) is 5.10 Å². The van der Waals surface area contributed by atoms with Gasteiger partial charge in [-0.05, 0) is 25.0 Å². The average molecular weight is 321 g/mol. The van der Waals surface area contributed by atoms with E-state index in [9.17, 15) is 0 Å². The molecule has 0 amide bonds. The minimum Gasteiger partial charge on any atom is -0.311 e. The first kappa shape index (κ1) is 15.4. The van der Waals surface area contributed by atoms with Gasteiger partial charge in [-0.1, -0.05) is 60.7 Å². The molecule has 0 aliphatic rings. The number of rotatable bonds is 4. The molecule has 0 radical (unpaired) electrons. The zero-order valence-corrected chi connectivity index (χ0v) is 14.1. The highest BCUT2D eigenvalue weighted by molar-refractivity contribution is 7.07. The summed E-state index contributed by atoms with van der Waals surface area (Å²) in [5.74, 6) is 0. The van der Waals surface area contributed by atoms with Gasteiger partial charge in [-0.25, -0.2) is 0 Å². The molecule has 0 aliphatic heterocycles. The van der Waals surface area contributed by atoms with Crippen molar-refractivity contribution in [2.45, 2.75) is 20.4 Å². The van der Waals surface area contributed by atoms with Crippen LogP contribution in [0.15, 0.2) is 76.2 Å². The van der Waals surface area contributed by atoms with Crippen LogP contribution >= 0.6 is 11.3 Å². The van der Waals surface area contributed by atoms with Crippen LogP contribution in [0.3, 0.4) is 0 Å². The number of hydrogen-bond donors (Lipinski definition) is 0. The first-order chi connectivity index (χ1) is 11.2. The first-order valence-electron chi connectivity index (χ1n) is 7.56. The number of aromatic nitrogens is 1. The van der Waals surface area contributed by atoms with Crippen molar-refractivity contribution in [2.24, 2.45) is 10.2 Å². The van der Waals surface area contributed by atoms with E-state index in [-0.39, 0.29) is 0 Å². The van der Waals surface area contributed by atoms with Crippen LogP contribution in [0.25, 0.3) is 11.3 Å². The minimum absolute atomic E-state index is 0.783. The van der Waals surface area contributed by atoms with Crippen LogP contribution in [-0.4, -0.2) is 10.3 Å². The van der Waals surface area contributed by atoms with E-state index in [1.807, 2.05) is 26.0 Å². The summed E-state index contributed by atoms with van der Waals surface area (Å²) in [7, 11) is 0. The van der Waals surface area contributed by atoms with Crippen LogP contribution in [0.5, 0.6) is 0 Å². The van der Waals surface area contributed by atoms with Crippen LogP contribution in [0.1, 0.15) is 19.4 Å². The molecular formula is C19H19N3S. The van der Waals surface area contributed by atoms with Crippen LogP contribution in [0.4, 0.5) is 0 Å². The van der Waals surface area contributed by atoms with Crippen molar-refractivity contribution in [3.05, 3.63) is 76.4 Å². The van der Waals surface area contributed by atoms with Gasteiger partial charge in [0.05, 0.1) is 12.2 Å². The van der Waals surface area contributed by atoms with E-state index in [1.165, 1.54) is 16.8 Å². The Morgan fingerprint density at radius 3 is 2.26 bits per heavy atom. The Bertz CT molecular complexity index is 854. The number of nitrogens with zero attached hydrogens (tertiary/aromatic N) is 3. The third-order valence-corrected chi connectivity index (χ3v) is 4.24. The molecule has 1 heterocycles. The average Bonchev–Trinajstić information content (AvgIpc) is 2.97. The highest BCUT2D eigenvalue weighted by Gasteiger charge is 2.08. The third-order valence-electron chi connectivity index (χ3n) is 3.39. The van der Waals surface area contributed by atoms with E-state index in [4.69, 9.17) is 0 Å². The lowest BCUT2D eigenvalue weighted by Crippen LogP contribution is -2.16. The smallest absolute Gasteiger partial charge is 0.211 e. The summed E-state index contributed by atoms with van der Waals surface area (Å²) >= 11 is 1.62. The Labute approximate surface area is 140 Å². The van der Waals surface area contributed by atoms with Crippen molar-refractivity contribution in [3.63, 3.8) is 0 Å². The summed E-state index contributed by atoms with van der Waals surface area (Å²) < 4.78 is 2.22. The zero-order chi connectivity index (χ0) is 16.1. The summed E-state index contributed by atoms with van der Waals surface area (Å²) in [6.07, 6.45) is 0. The molecule has 23 heavy (non-hydrogen) atoms. The minimum atomic E-state index is 0.783. The zero-order valence-electron chi connectivity index (χ0n) is 13.3. The number of thiazole rings is 1. The number of benzene rings is 2. The summed E-state index contributed by atoms with van der Waals surface area (Å²) in [6.45, 7) is 4.69. The van der Waals surface area contributed by atoms with E-state index >= 15 is 0 Å². The van der Waals surface area contributed by atoms with Gasteiger partial charge in [-0.3, -0.25) is 0 Å². The van der Waals surface area contributed by atoms with Gasteiger partial charge in [0.2, 0.25) is 4.80 Å². The van der Waals surface area contributed by atoms with E-state index in [2.05, 4.69) is 68.7 Å². The summed E-state index contributed by atoms with van der Waals surface area (Å²) in [5, 5.41) is 10.8. The van der Waals surface area contributed by atoms with Crippen molar-refractivity contribution in [3.8, 4) is 11.3 Å². The molecule has 0 N–H and O–H groups in total. The van der Waals surface area contributed by atoms with Crippen LogP contribution in [0.2, 0.25) is 0 Å². The van der Waals surface area contributed by atoms with E-state index in [1.54, 1.807) is 11.3 Å². The Balaban J connectivity index is 2.11. The van der Waals surface area contributed by atoms with E-state index < -0.39 is 0 Å². The second-order valence-corrected chi connectivity index (χ2v) is 6.33. The van der Waals surface area contributed by atoms with Crippen LogP contribution in [-0.2, 0) is 6.54 Å². The highest BCUT2D eigenvalue weighted by Crippen LogP contribution is 2.20. The summed E-state index contributed by atoms with van der Waals surface area (Å²) in [4.78, 5) is 0.911. The second kappa shape index (κ2) is 7.20. The molecule has 0 saturated carbocycles. The fourth-order valence-corrected chi connectivity index (χ4v) is 3.17. The molecule has 116 valence electrons. The SMILES string of the molecule is CC(C)=N/N=c1/scc(-c2ccccc2)n1Cc1ccccc1. The first-order valence-corrected chi connectivity index (χ1v) is 8.44. The van der Waals surface area contributed by atoms with Gasteiger partial charge in [0.1, 0.15) is 0 Å². The maximum atomic E-state index is 4.42. The molecule has 3 aromatic rings. The van der Waals surface area contributed by atoms with Crippen molar-refractivity contribution in [2.75, 3.05) is 0 Å². The quantitative estimate of drug-likeness (QED) is 0.498. The molecule has 0 atom stereocenters. The molecule has 4 heteroatoms. The predicted molar refractivity (Wildman–Crippen MR) is 97.6 cm³/mol. The van der Waals surface area contributed by atoms with Gasteiger partial charge in [0.25, 0.3) is 0 Å². The van der Waals surface area contributed by atoms with Gasteiger partial charge in [-0.15, -0.1) is 16.4 Å². The molecule has 0 aliphatic carbocycles. The molecule has 0 saturated heterocycles. The van der Waals surface area contributed by atoms with Crippen LogP contribution in [0, 0.1) is 0 Å². The molecule has 2 aromatic carbocycles. The normalized spacial score (nSPS) is 11.5. The predicted octanol–water partition coefficient (Wildman–Crippen LogP) is 4.56. The molecule has 3 nitrogen and oxygen atoms in total. The van der Waals surface area contributed by atoms with Gasteiger partial charge in [0, 0.05) is 11.1 Å². The second-order valence-electron chi connectivity index (χ2n) is 5.49. The lowest BCUT2D eigenvalue weighted by molar-refractivity contribution is 0.768. The van der Waals surface area contributed by atoms with E-state index in [0.29, 0.717) is 0 Å². The molecule has 0 unspecified atom stereocenters. The summed E-state index contributed by atoms with van der Waals surface area (Å²) in [5.41, 5.74) is 4.56. The fourth-order valence-electron chi connectivity index (χ4n) is 2.31. The molecule has 0 spiro atoms. The fraction of sp³-hybridized carbons (Fsp3) is 0.158. The topological polar surface area (TPSA) is 29.6 Å². The molecule has 0 fully saturated rings. The molecule has 3 rings (SSSR count). The third kappa shape index (κ3) is 3.85. The largest absolute Gasteiger partial charge is 0.311 e. The van der Waals surface area contributed by atoms with Crippen LogP contribution < -0.4 is 4.80 Å². The Morgan fingerprint density at radius 2 is 1.61 bits per heavy atom. The summed E-state index contributed by atoms with van der Waals surface area (Å²) in [6, 6.07) is 20.9. The standard InChI is InChI=1S/C19H19N3S/c1-15(2)20-21-19-22(13-16-9-5-3-6-10-16)18(14-23-19)17-11-7-4-8-12-17/h3-12,14H,13H2,1-2H3/b21-19+. The Kier molecular flexibility index (Phi) is 4.83. The van der Waals surface area contributed by atoms with E-state index in [0.717, 1.165) is 17.1 Å². The maximum Gasteiger partial charge on any atom is 0.211 e. The number of hydrogen-bond acceptors (Lipinski definition) is 3. The molecule has 0 bridgehead atoms. The molecular weight excluding hydrogens is 302 g/mol. The molecule has 1 aromatic heterocycles. The van der Waals surface area contributed by atoms with Gasteiger partial charge in [0.15, 0.2) is 0 Å². The monoisotopic (exact) mass is 321 g/mol. The van der Waals surface area contributed by atoms with Gasteiger partial charge < -0.3 is 4.57 Å².